The highest BCUT2D eigenvalue weighted by molar-refractivity contribution is 5.81. The lowest BCUT2D eigenvalue weighted by molar-refractivity contribution is 0.306. The average molecular weight is 697 g/mol. The van der Waals surface area contributed by atoms with Crippen molar-refractivity contribution in [3.05, 3.63) is 192 Å². The van der Waals surface area contributed by atoms with Gasteiger partial charge in [0.25, 0.3) is 0 Å². The zero-order valence-electron chi connectivity index (χ0n) is 28.7. The molecule has 1 aromatic heterocycles. The summed E-state index contributed by atoms with van der Waals surface area (Å²) >= 11 is 0. The van der Waals surface area contributed by atoms with E-state index in [0.29, 0.717) is 19.2 Å². The maximum atomic E-state index is 6.00. The summed E-state index contributed by atoms with van der Waals surface area (Å²) in [6, 6.07) is 55.2. The number of nitrogens with zero attached hydrogens (tertiary/aromatic N) is 6. The van der Waals surface area contributed by atoms with Crippen LogP contribution in [0.5, 0.6) is 11.5 Å². The molecule has 0 amide bonds. The molecule has 0 saturated heterocycles. The molecule has 0 atom stereocenters. The van der Waals surface area contributed by atoms with Gasteiger partial charge in [-0.2, -0.15) is 25.2 Å². The Bertz CT molecular complexity index is 2100. The number of benzene rings is 6. The first-order chi connectivity index (χ1) is 26.2. The number of ether oxygens (including phenoxy) is 2. The minimum atomic E-state index is 0.216. The average Bonchev–Trinajstić information content (AvgIpc) is 3.21. The van der Waals surface area contributed by atoms with Gasteiger partial charge in [-0.15, -0.1) is 0 Å². The van der Waals surface area contributed by atoms with Crippen molar-refractivity contribution in [1.29, 1.82) is 0 Å². The Morgan fingerprint density at radius 3 is 1.32 bits per heavy atom. The second-order valence-electron chi connectivity index (χ2n) is 11.7. The standard InChI is InChI=1S/C43H36N8O2/c1-5-15-33(16-6-1)31-52-39-25-13-19-35(27-39)29-44-49-41-46-42(48-43(47-41)51(37-21-9-3-10-22-37)38-23-11-4-12-24-38)50-45-30-36-20-14-26-40(28-36)53-32-34-17-7-2-8-18-34/h1-30H,31-32H2,(H2,46,47,48,49,50). The second-order valence-corrected chi connectivity index (χ2v) is 11.7. The smallest absolute Gasteiger partial charge is 0.250 e. The van der Waals surface area contributed by atoms with Crippen LogP contribution in [-0.4, -0.2) is 27.4 Å². The van der Waals surface area contributed by atoms with E-state index in [9.17, 15) is 0 Å². The second kappa shape index (κ2) is 17.6. The van der Waals surface area contributed by atoms with E-state index >= 15 is 0 Å². The number of hydrazone groups is 2. The van der Waals surface area contributed by atoms with Crippen LogP contribution in [0.4, 0.5) is 29.2 Å². The Morgan fingerprint density at radius 1 is 0.472 bits per heavy atom. The third kappa shape index (κ3) is 9.89. The minimum absolute atomic E-state index is 0.216. The van der Waals surface area contributed by atoms with Gasteiger partial charge >= 0.3 is 0 Å². The third-order valence-corrected chi connectivity index (χ3v) is 7.82. The van der Waals surface area contributed by atoms with Crippen LogP contribution >= 0.6 is 0 Å². The number of para-hydroxylation sites is 2. The molecule has 0 radical (unpaired) electrons. The van der Waals surface area contributed by atoms with Crippen molar-refractivity contribution in [2.45, 2.75) is 13.2 Å². The summed E-state index contributed by atoms with van der Waals surface area (Å²) in [5.41, 5.74) is 11.6. The Labute approximate surface area is 308 Å². The van der Waals surface area contributed by atoms with Crippen molar-refractivity contribution in [3.63, 3.8) is 0 Å². The van der Waals surface area contributed by atoms with E-state index in [4.69, 9.17) is 19.4 Å². The molecule has 53 heavy (non-hydrogen) atoms. The van der Waals surface area contributed by atoms with Crippen molar-refractivity contribution in [2.75, 3.05) is 15.8 Å². The Kier molecular flexibility index (Phi) is 11.3. The fourth-order valence-electron chi connectivity index (χ4n) is 5.28. The topological polar surface area (TPSA) is 109 Å². The molecule has 2 N–H and O–H groups in total. The van der Waals surface area contributed by atoms with Crippen LogP contribution in [0.15, 0.2) is 180 Å². The Morgan fingerprint density at radius 2 is 0.887 bits per heavy atom. The van der Waals surface area contributed by atoms with Crippen molar-refractivity contribution in [1.82, 2.24) is 15.0 Å². The number of aromatic nitrogens is 3. The van der Waals surface area contributed by atoms with Crippen molar-refractivity contribution in [3.8, 4) is 11.5 Å². The summed E-state index contributed by atoms with van der Waals surface area (Å²) < 4.78 is 12.0. The van der Waals surface area contributed by atoms with Crippen molar-refractivity contribution >= 4 is 41.6 Å². The number of nitrogens with one attached hydrogen (secondary N) is 2. The first-order valence-corrected chi connectivity index (χ1v) is 17.0. The fourth-order valence-corrected chi connectivity index (χ4v) is 5.28. The SMILES string of the molecule is C(=NNc1nc(NN=Cc2cccc(OCc3ccccc3)c2)nc(N(c2ccccc2)c2ccccc2)n1)c1cccc(OCc2ccccc2)c1. The molecule has 0 saturated carbocycles. The molecule has 0 aliphatic heterocycles. The molecule has 7 rings (SSSR count). The van der Waals surface area contributed by atoms with Gasteiger partial charge in [0.05, 0.1) is 12.4 Å². The zero-order valence-corrected chi connectivity index (χ0v) is 28.7. The van der Waals surface area contributed by atoms with E-state index in [1.165, 1.54) is 0 Å². The summed E-state index contributed by atoms with van der Waals surface area (Å²) in [6.45, 7) is 0.941. The normalized spacial score (nSPS) is 11.0. The highest BCUT2D eigenvalue weighted by Crippen LogP contribution is 2.32. The first kappa shape index (κ1) is 34.1. The molecule has 0 aliphatic rings. The summed E-state index contributed by atoms with van der Waals surface area (Å²) in [5, 5.41) is 8.91. The van der Waals surface area contributed by atoms with Gasteiger partial charge in [-0.25, -0.2) is 10.9 Å². The molecule has 0 fully saturated rings. The van der Waals surface area contributed by atoms with Gasteiger partial charge in [-0.3, -0.25) is 4.90 Å². The van der Waals surface area contributed by atoms with Crippen molar-refractivity contribution < 1.29 is 9.47 Å². The van der Waals surface area contributed by atoms with Gasteiger partial charge in [0.15, 0.2) is 0 Å². The predicted octanol–water partition coefficient (Wildman–Crippen LogP) is 9.39. The van der Waals surface area contributed by atoms with Gasteiger partial charge in [-0.05, 0) is 70.8 Å². The molecule has 260 valence electrons. The van der Waals surface area contributed by atoms with Gasteiger partial charge < -0.3 is 9.47 Å². The van der Waals surface area contributed by atoms with E-state index in [1.807, 2.05) is 175 Å². The minimum Gasteiger partial charge on any atom is -0.489 e. The van der Waals surface area contributed by atoms with E-state index < -0.39 is 0 Å². The van der Waals surface area contributed by atoms with E-state index in [0.717, 1.165) is 45.1 Å². The van der Waals surface area contributed by atoms with Crippen LogP contribution in [0.25, 0.3) is 0 Å². The van der Waals surface area contributed by atoms with Gasteiger partial charge in [0.2, 0.25) is 17.8 Å². The van der Waals surface area contributed by atoms with Gasteiger partial charge in [0, 0.05) is 11.4 Å². The summed E-state index contributed by atoms with van der Waals surface area (Å²) in [7, 11) is 0. The highest BCUT2D eigenvalue weighted by Gasteiger charge is 2.18. The Balaban J connectivity index is 1.12. The summed E-state index contributed by atoms with van der Waals surface area (Å²) in [4.78, 5) is 16.1. The number of hydrogen-bond donors (Lipinski definition) is 2. The van der Waals surface area contributed by atoms with E-state index in [1.54, 1.807) is 12.4 Å². The van der Waals surface area contributed by atoms with Crippen LogP contribution in [0, 0.1) is 0 Å². The predicted molar refractivity (Wildman–Crippen MR) is 211 cm³/mol. The van der Waals surface area contributed by atoms with Crippen LogP contribution in [-0.2, 0) is 13.2 Å². The lowest BCUT2D eigenvalue weighted by Crippen LogP contribution is -2.16. The summed E-state index contributed by atoms with van der Waals surface area (Å²) in [6.07, 6.45) is 3.37. The van der Waals surface area contributed by atoms with Crippen LogP contribution in [0.2, 0.25) is 0 Å². The first-order valence-electron chi connectivity index (χ1n) is 17.0. The number of rotatable bonds is 15. The molecule has 0 aliphatic carbocycles. The van der Waals surface area contributed by atoms with Crippen LogP contribution in [0.3, 0.4) is 0 Å². The van der Waals surface area contributed by atoms with E-state index in [2.05, 4.69) is 26.0 Å². The molecule has 10 nitrogen and oxygen atoms in total. The number of anilines is 5. The molecule has 0 spiro atoms. The Hall–Kier alpha value is -7.33. The molecule has 0 unspecified atom stereocenters. The molecular formula is C43H36N8O2. The maximum absolute atomic E-state index is 6.00. The molecule has 0 bridgehead atoms. The molecule has 10 heteroatoms. The molecule has 7 aromatic rings. The fraction of sp³-hybridized carbons (Fsp3) is 0.0465. The van der Waals surface area contributed by atoms with E-state index in [-0.39, 0.29) is 11.9 Å². The quantitative estimate of drug-likeness (QED) is 0.0807. The highest BCUT2D eigenvalue weighted by atomic mass is 16.5. The monoisotopic (exact) mass is 696 g/mol. The lowest BCUT2D eigenvalue weighted by Gasteiger charge is -2.23. The number of hydrogen-bond acceptors (Lipinski definition) is 10. The molecule has 6 aromatic carbocycles. The zero-order chi connectivity index (χ0) is 35.9. The molecule has 1 heterocycles. The van der Waals surface area contributed by atoms with Gasteiger partial charge in [-0.1, -0.05) is 121 Å². The third-order valence-electron chi connectivity index (χ3n) is 7.82. The van der Waals surface area contributed by atoms with Crippen molar-refractivity contribution in [2.24, 2.45) is 10.2 Å². The summed E-state index contributed by atoms with van der Waals surface area (Å²) in [5.74, 6) is 2.26. The lowest BCUT2D eigenvalue weighted by atomic mass is 10.2. The van der Waals surface area contributed by atoms with Crippen LogP contribution in [0.1, 0.15) is 22.3 Å². The van der Waals surface area contributed by atoms with Crippen LogP contribution < -0.4 is 25.2 Å². The maximum Gasteiger partial charge on any atom is 0.250 e. The largest absolute Gasteiger partial charge is 0.489 e. The van der Waals surface area contributed by atoms with Gasteiger partial charge in [0.1, 0.15) is 24.7 Å². The molecular weight excluding hydrogens is 661 g/mol.